The Kier molecular flexibility index (Phi) is 3.87. The number of furan rings is 1. The molecule has 1 N–H and O–H groups in total. The van der Waals surface area contributed by atoms with Gasteiger partial charge in [-0.3, -0.25) is 4.79 Å². The van der Waals surface area contributed by atoms with Crippen molar-refractivity contribution >= 4 is 16.8 Å². The second-order valence-electron chi connectivity index (χ2n) is 6.22. The summed E-state index contributed by atoms with van der Waals surface area (Å²) >= 11 is 0. The monoisotopic (exact) mass is 340 g/mol. The van der Waals surface area contributed by atoms with Gasteiger partial charge in [-0.05, 0) is 37.1 Å². The number of rotatable bonds is 6. The van der Waals surface area contributed by atoms with Gasteiger partial charge in [-0.2, -0.15) is 0 Å². The maximum Gasteiger partial charge on any atom is 0.270 e. The SMILES string of the molecule is COc1cc(OC)c2[nH]c(C(=O)N(Cc3ccco3)C3CC3)cc2c1. The van der Waals surface area contributed by atoms with Crippen LogP contribution in [-0.2, 0) is 6.54 Å². The van der Waals surface area contributed by atoms with Crippen LogP contribution in [0.4, 0.5) is 0 Å². The zero-order valence-electron chi connectivity index (χ0n) is 14.2. The van der Waals surface area contributed by atoms with Crippen LogP contribution in [0.25, 0.3) is 10.9 Å². The number of methoxy groups -OCH3 is 2. The van der Waals surface area contributed by atoms with Crippen molar-refractivity contribution in [2.45, 2.75) is 25.4 Å². The fourth-order valence-electron chi connectivity index (χ4n) is 3.06. The third-order valence-corrected chi connectivity index (χ3v) is 4.51. The number of aromatic nitrogens is 1. The highest BCUT2D eigenvalue weighted by Crippen LogP contribution is 2.33. The molecule has 1 saturated carbocycles. The highest BCUT2D eigenvalue weighted by atomic mass is 16.5. The number of nitrogens with one attached hydrogen (secondary N) is 1. The van der Waals surface area contributed by atoms with Crippen molar-refractivity contribution in [3.05, 3.63) is 48.0 Å². The molecule has 1 aliphatic carbocycles. The molecule has 25 heavy (non-hydrogen) atoms. The molecule has 0 aliphatic heterocycles. The van der Waals surface area contributed by atoms with Gasteiger partial charge in [-0.15, -0.1) is 0 Å². The summed E-state index contributed by atoms with van der Waals surface area (Å²) in [5, 5.41) is 0.883. The number of hydrogen-bond acceptors (Lipinski definition) is 4. The Morgan fingerprint density at radius 1 is 1.28 bits per heavy atom. The molecule has 0 unspecified atom stereocenters. The molecule has 0 saturated heterocycles. The molecule has 6 heteroatoms. The third-order valence-electron chi connectivity index (χ3n) is 4.51. The standard InChI is InChI=1S/C19H20N2O4/c1-23-15-8-12-9-16(20-18(12)17(10-15)24-2)19(22)21(13-5-6-13)11-14-4-3-7-25-14/h3-4,7-10,13,20H,5-6,11H2,1-2H3. The van der Waals surface area contributed by atoms with Gasteiger partial charge in [0, 0.05) is 17.5 Å². The fraction of sp³-hybridized carbons (Fsp3) is 0.316. The molecule has 6 nitrogen and oxygen atoms in total. The molecule has 4 rings (SSSR count). The number of carbonyl (C=O) groups excluding carboxylic acids is 1. The van der Waals surface area contributed by atoms with E-state index >= 15 is 0 Å². The van der Waals surface area contributed by atoms with Crippen molar-refractivity contribution < 1.29 is 18.7 Å². The molecule has 1 aliphatic rings. The Balaban J connectivity index is 1.68. The van der Waals surface area contributed by atoms with Gasteiger partial charge in [-0.1, -0.05) is 0 Å². The molecule has 0 spiro atoms. The number of ether oxygens (including phenoxy) is 2. The van der Waals surface area contributed by atoms with E-state index in [-0.39, 0.29) is 11.9 Å². The number of benzene rings is 1. The Bertz CT molecular complexity index is 894. The average Bonchev–Trinajstić information content (AvgIpc) is 3.17. The number of carbonyl (C=O) groups is 1. The van der Waals surface area contributed by atoms with Crippen LogP contribution in [0.1, 0.15) is 29.1 Å². The summed E-state index contributed by atoms with van der Waals surface area (Å²) in [6, 6.07) is 9.54. The quantitative estimate of drug-likeness (QED) is 0.745. The zero-order valence-corrected chi connectivity index (χ0v) is 14.2. The van der Waals surface area contributed by atoms with Crippen LogP contribution in [-0.4, -0.2) is 36.1 Å². The summed E-state index contributed by atoms with van der Waals surface area (Å²) < 4.78 is 16.1. The van der Waals surface area contributed by atoms with E-state index in [1.54, 1.807) is 26.5 Å². The minimum absolute atomic E-state index is 0.0314. The molecular formula is C19H20N2O4. The zero-order chi connectivity index (χ0) is 17.4. The first-order valence-electron chi connectivity index (χ1n) is 8.27. The minimum atomic E-state index is -0.0314. The van der Waals surface area contributed by atoms with Crippen LogP contribution >= 0.6 is 0 Å². The Labute approximate surface area is 145 Å². The summed E-state index contributed by atoms with van der Waals surface area (Å²) in [5.74, 6) is 2.10. The minimum Gasteiger partial charge on any atom is -0.497 e. The molecule has 2 heterocycles. The summed E-state index contributed by atoms with van der Waals surface area (Å²) in [6.07, 6.45) is 3.69. The van der Waals surface area contributed by atoms with Gasteiger partial charge in [0.2, 0.25) is 0 Å². The summed E-state index contributed by atoms with van der Waals surface area (Å²) in [5.41, 5.74) is 1.33. The molecule has 0 radical (unpaired) electrons. The molecular weight excluding hydrogens is 320 g/mol. The number of H-pyrrole nitrogens is 1. The van der Waals surface area contributed by atoms with Crippen LogP contribution in [0, 0.1) is 0 Å². The van der Waals surface area contributed by atoms with E-state index < -0.39 is 0 Å². The predicted molar refractivity (Wildman–Crippen MR) is 93.0 cm³/mol. The Morgan fingerprint density at radius 2 is 2.12 bits per heavy atom. The number of hydrogen-bond donors (Lipinski definition) is 1. The normalized spacial score (nSPS) is 13.8. The smallest absolute Gasteiger partial charge is 0.270 e. The molecule has 130 valence electrons. The Morgan fingerprint density at radius 3 is 2.76 bits per heavy atom. The number of aromatic amines is 1. The molecule has 2 aromatic heterocycles. The topological polar surface area (TPSA) is 67.7 Å². The lowest BCUT2D eigenvalue weighted by atomic mass is 10.2. The number of amides is 1. The first-order chi connectivity index (χ1) is 12.2. The van der Waals surface area contributed by atoms with Crippen molar-refractivity contribution in [1.29, 1.82) is 0 Å². The van der Waals surface area contributed by atoms with E-state index in [4.69, 9.17) is 13.9 Å². The van der Waals surface area contributed by atoms with Crippen molar-refractivity contribution in [2.24, 2.45) is 0 Å². The summed E-state index contributed by atoms with van der Waals surface area (Å²) in [7, 11) is 3.21. The highest BCUT2D eigenvalue weighted by molar-refractivity contribution is 6.00. The van der Waals surface area contributed by atoms with Gasteiger partial charge in [0.1, 0.15) is 23.0 Å². The van der Waals surface area contributed by atoms with E-state index in [1.165, 1.54) is 0 Å². The lowest BCUT2D eigenvalue weighted by Crippen LogP contribution is -2.32. The molecule has 0 atom stereocenters. The van der Waals surface area contributed by atoms with Crippen LogP contribution in [0.5, 0.6) is 11.5 Å². The average molecular weight is 340 g/mol. The van der Waals surface area contributed by atoms with E-state index in [0.717, 1.165) is 29.5 Å². The molecule has 1 amide bonds. The van der Waals surface area contributed by atoms with Crippen molar-refractivity contribution in [3.8, 4) is 11.5 Å². The van der Waals surface area contributed by atoms with Crippen molar-refractivity contribution in [2.75, 3.05) is 14.2 Å². The van der Waals surface area contributed by atoms with Gasteiger partial charge in [0.05, 0.1) is 32.5 Å². The van der Waals surface area contributed by atoms with Crippen LogP contribution < -0.4 is 9.47 Å². The van der Waals surface area contributed by atoms with Gasteiger partial charge in [0.15, 0.2) is 0 Å². The van der Waals surface area contributed by atoms with Crippen LogP contribution in [0.15, 0.2) is 41.0 Å². The van der Waals surface area contributed by atoms with Crippen LogP contribution in [0.2, 0.25) is 0 Å². The second-order valence-corrected chi connectivity index (χ2v) is 6.22. The second kappa shape index (κ2) is 6.20. The van der Waals surface area contributed by atoms with Gasteiger partial charge in [0.25, 0.3) is 5.91 Å². The predicted octanol–water partition coefficient (Wildman–Crippen LogP) is 3.58. The lowest BCUT2D eigenvalue weighted by molar-refractivity contribution is 0.0712. The first-order valence-corrected chi connectivity index (χ1v) is 8.27. The van der Waals surface area contributed by atoms with Gasteiger partial charge >= 0.3 is 0 Å². The maximum absolute atomic E-state index is 13.1. The van der Waals surface area contributed by atoms with Crippen molar-refractivity contribution in [3.63, 3.8) is 0 Å². The highest BCUT2D eigenvalue weighted by Gasteiger charge is 2.34. The summed E-state index contributed by atoms with van der Waals surface area (Å²) in [6.45, 7) is 0.478. The van der Waals surface area contributed by atoms with E-state index in [0.29, 0.717) is 23.7 Å². The number of nitrogens with zero attached hydrogens (tertiary/aromatic N) is 1. The Hall–Kier alpha value is -2.89. The largest absolute Gasteiger partial charge is 0.497 e. The van der Waals surface area contributed by atoms with Gasteiger partial charge in [-0.25, -0.2) is 0 Å². The van der Waals surface area contributed by atoms with Gasteiger partial charge < -0.3 is 23.8 Å². The lowest BCUT2D eigenvalue weighted by Gasteiger charge is -2.20. The van der Waals surface area contributed by atoms with E-state index in [1.807, 2.05) is 29.2 Å². The molecule has 3 aromatic rings. The molecule has 0 bridgehead atoms. The fourth-order valence-corrected chi connectivity index (χ4v) is 3.06. The molecule has 1 aromatic carbocycles. The first kappa shape index (κ1) is 15.6. The van der Waals surface area contributed by atoms with Crippen LogP contribution in [0.3, 0.4) is 0 Å². The van der Waals surface area contributed by atoms with E-state index in [9.17, 15) is 4.79 Å². The third kappa shape index (κ3) is 2.95. The summed E-state index contributed by atoms with van der Waals surface area (Å²) in [4.78, 5) is 18.1. The van der Waals surface area contributed by atoms with Crippen molar-refractivity contribution in [1.82, 2.24) is 9.88 Å². The molecule has 1 fully saturated rings. The number of fused-ring (bicyclic) bond motifs is 1. The van der Waals surface area contributed by atoms with E-state index in [2.05, 4.69) is 4.98 Å². The maximum atomic E-state index is 13.1.